The molecule has 2 rings (SSSR count). The summed E-state index contributed by atoms with van der Waals surface area (Å²) in [5.41, 5.74) is 0. The van der Waals surface area contributed by atoms with Gasteiger partial charge in [0.05, 0.1) is 31.9 Å². The van der Waals surface area contributed by atoms with Crippen molar-refractivity contribution in [3.63, 3.8) is 0 Å². The summed E-state index contributed by atoms with van der Waals surface area (Å²) in [4.78, 5) is 47.3. The van der Waals surface area contributed by atoms with Crippen molar-refractivity contribution in [1.82, 2.24) is 26.6 Å². The minimum Gasteiger partial charge on any atom is -0.379 e. The van der Waals surface area contributed by atoms with E-state index in [1.807, 2.05) is 18.7 Å². The van der Waals surface area contributed by atoms with E-state index in [1.165, 1.54) is 0 Å². The number of urea groups is 1. The summed E-state index contributed by atoms with van der Waals surface area (Å²) in [7, 11) is 0. The Hall–Kier alpha value is -2.05. The molecule has 3 atom stereocenters. The quantitative estimate of drug-likeness (QED) is 0.0862. The zero-order chi connectivity index (χ0) is 28.8. The Bertz CT molecular complexity index is 759. The molecule has 0 unspecified atom stereocenters. The normalized spacial score (nSPS) is 19.5. The number of hydrogen-bond donors (Lipinski definition) is 5. The number of unbranched alkanes of at least 4 members (excludes halogenated alkanes) is 5. The molecule has 2 heterocycles. The van der Waals surface area contributed by atoms with Crippen molar-refractivity contribution in [3.05, 3.63) is 0 Å². The van der Waals surface area contributed by atoms with Crippen LogP contribution in [0.4, 0.5) is 4.79 Å². The Balaban J connectivity index is 1.30. The Morgan fingerprint density at radius 2 is 1.32 bits per heavy atom. The monoisotopic (exact) mass is 585 g/mol. The van der Waals surface area contributed by atoms with Gasteiger partial charge < -0.3 is 36.1 Å². The third-order valence-corrected chi connectivity index (χ3v) is 8.54. The number of hydrogen-bond acceptors (Lipinski definition) is 7. The summed E-state index contributed by atoms with van der Waals surface area (Å²) < 4.78 is 10.5. The average molecular weight is 586 g/mol. The van der Waals surface area contributed by atoms with Crippen LogP contribution in [0.5, 0.6) is 0 Å². The van der Waals surface area contributed by atoms with Crippen LogP contribution in [-0.4, -0.2) is 92.9 Å². The molecule has 12 heteroatoms. The largest absolute Gasteiger partial charge is 0.379 e. The van der Waals surface area contributed by atoms with E-state index in [0.29, 0.717) is 70.6 Å². The van der Waals surface area contributed by atoms with Gasteiger partial charge in [-0.25, -0.2) is 4.79 Å². The smallest absolute Gasteiger partial charge is 0.315 e. The first-order chi connectivity index (χ1) is 19.5. The van der Waals surface area contributed by atoms with E-state index in [0.717, 1.165) is 63.5 Å². The van der Waals surface area contributed by atoms with E-state index >= 15 is 0 Å². The van der Waals surface area contributed by atoms with E-state index in [-0.39, 0.29) is 35.8 Å². The fourth-order valence-electron chi connectivity index (χ4n) is 4.80. The summed E-state index contributed by atoms with van der Waals surface area (Å²) in [6.45, 7) is 6.02. The van der Waals surface area contributed by atoms with Crippen LogP contribution in [0.3, 0.4) is 0 Å². The second-order valence-electron chi connectivity index (χ2n) is 10.3. The number of thioether (sulfide) groups is 1. The van der Waals surface area contributed by atoms with Crippen LogP contribution in [0.2, 0.25) is 0 Å². The first kappa shape index (κ1) is 34.2. The molecule has 5 amide bonds. The van der Waals surface area contributed by atoms with Crippen LogP contribution in [0.1, 0.15) is 84.0 Å². The lowest BCUT2D eigenvalue weighted by Crippen LogP contribution is -2.36. The molecule has 2 saturated heterocycles. The van der Waals surface area contributed by atoms with Gasteiger partial charge in [0.25, 0.3) is 0 Å². The number of carbonyl (C=O) groups excluding carboxylic acids is 4. The maximum Gasteiger partial charge on any atom is 0.315 e. The maximum atomic E-state index is 12.1. The molecular formula is C28H51N5O6S. The fourth-order valence-corrected chi connectivity index (χ4v) is 6.34. The van der Waals surface area contributed by atoms with Gasteiger partial charge >= 0.3 is 6.03 Å². The van der Waals surface area contributed by atoms with Crippen molar-refractivity contribution in [3.8, 4) is 0 Å². The lowest BCUT2D eigenvalue weighted by Gasteiger charge is -2.16. The van der Waals surface area contributed by atoms with Gasteiger partial charge in [0.15, 0.2) is 0 Å². The highest BCUT2D eigenvalue weighted by Gasteiger charge is 2.42. The van der Waals surface area contributed by atoms with Crippen molar-refractivity contribution in [2.75, 3.05) is 51.8 Å². The standard InChI is InChI=1S/C28H51N5O6S/c1-2-38-19-20-39-18-17-31-26(36)13-6-4-10-15-29-24(34)12-5-3-9-16-30-25(35)14-8-7-11-23-27-22(21-40-23)32-28(37)33-27/h22-23,27H,2-21H2,1H3,(H,29,34)(H,30,35)(H,31,36)(H2,32,33,37)/t22-,23-,27-/m0/s1. The molecule has 0 aromatic rings. The molecular weight excluding hydrogens is 534 g/mol. The molecule has 11 nitrogen and oxygen atoms in total. The minimum absolute atomic E-state index is 0.0318. The molecule has 0 bridgehead atoms. The maximum absolute atomic E-state index is 12.1. The molecule has 5 N–H and O–H groups in total. The first-order valence-corrected chi connectivity index (χ1v) is 16.2. The zero-order valence-electron chi connectivity index (χ0n) is 24.2. The third-order valence-electron chi connectivity index (χ3n) is 7.03. The summed E-state index contributed by atoms with van der Waals surface area (Å²) in [5.74, 6) is 1.14. The van der Waals surface area contributed by atoms with Gasteiger partial charge in [-0.3, -0.25) is 14.4 Å². The van der Waals surface area contributed by atoms with Crippen LogP contribution in [0.25, 0.3) is 0 Å². The fraction of sp³-hybridized carbons (Fsp3) is 0.857. The van der Waals surface area contributed by atoms with Gasteiger partial charge in [0.2, 0.25) is 17.7 Å². The van der Waals surface area contributed by atoms with Crippen molar-refractivity contribution in [1.29, 1.82) is 0 Å². The van der Waals surface area contributed by atoms with Gasteiger partial charge in [0.1, 0.15) is 0 Å². The Morgan fingerprint density at radius 3 is 1.95 bits per heavy atom. The Morgan fingerprint density at radius 1 is 0.750 bits per heavy atom. The summed E-state index contributed by atoms with van der Waals surface area (Å²) in [5, 5.41) is 15.2. The molecule has 0 aliphatic carbocycles. The molecule has 230 valence electrons. The number of fused-ring (bicyclic) bond motifs is 1. The molecule has 2 aliphatic rings. The topological polar surface area (TPSA) is 147 Å². The molecule has 2 aliphatic heterocycles. The third kappa shape index (κ3) is 15.7. The van der Waals surface area contributed by atoms with E-state index in [1.54, 1.807) is 0 Å². The van der Waals surface area contributed by atoms with Crippen molar-refractivity contribution < 1.29 is 28.7 Å². The molecule has 0 radical (unpaired) electrons. The first-order valence-electron chi connectivity index (χ1n) is 15.1. The molecule has 40 heavy (non-hydrogen) atoms. The van der Waals surface area contributed by atoms with E-state index < -0.39 is 0 Å². The van der Waals surface area contributed by atoms with Crippen LogP contribution in [0.15, 0.2) is 0 Å². The predicted molar refractivity (Wildman–Crippen MR) is 157 cm³/mol. The van der Waals surface area contributed by atoms with Crippen LogP contribution in [-0.2, 0) is 23.9 Å². The zero-order valence-corrected chi connectivity index (χ0v) is 25.0. The average Bonchev–Trinajstić information content (AvgIpc) is 3.49. The van der Waals surface area contributed by atoms with Gasteiger partial charge in [-0.15, -0.1) is 0 Å². The van der Waals surface area contributed by atoms with E-state index in [2.05, 4.69) is 26.6 Å². The van der Waals surface area contributed by atoms with Gasteiger partial charge in [-0.1, -0.05) is 19.3 Å². The second kappa shape index (κ2) is 21.7. The highest BCUT2D eigenvalue weighted by Crippen LogP contribution is 2.33. The number of carbonyl (C=O) groups is 4. The molecule has 0 aromatic heterocycles. The highest BCUT2D eigenvalue weighted by molar-refractivity contribution is 8.00. The SMILES string of the molecule is CCOCCOCCNC(=O)CCCCCNC(=O)CCCCCNC(=O)CCCC[C@@H]1SC[C@@H]2NC(=O)N[C@@H]21. The molecule has 2 fully saturated rings. The van der Waals surface area contributed by atoms with Gasteiger partial charge in [0, 0.05) is 56.5 Å². The number of amides is 5. The summed E-state index contributed by atoms with van der Waals surface area (Å²) in [6.07, 6.45) is 9.54. The van der Waals surface area contributed by atoms with E-state index in [9.17, 15) is 19.2 Å². The second-order valence-corrected chi connectivity index (χ2v) is 11.6. The molecule has 0 saturated carbocycles. The Labute approximate surface area is 243 Å². The number of rotatable bonds is 24. The molecule has 0 aromatic carbocycles. The van der Waals surface area contributed by atoms with Gasteiger partial charge in [-0.2, -0.15) is 11.8 Å². The lowest BCUT2D eigenvalue weighted by molar-refractivity contribution is -0.122. The Kier molecular flexibility index (Phi) is 18.5. The van der Waals surface area contributed by atoms with Crippen LogP contribution < -0.4 is 26.6 Å². The summed E-state index contributed by atoms with van der Waals surface area (Å²) in [6, 6.07) is 0.421. The summed E-state index contributed by atoms with van der Waals surface area (Å²) >= 11 is 1.91. The molecule has 0 spiro atoms. The lowest BCUT2D eigenvalue weighted by atomic mass is 10.0. The van der Waals surface area contributed by atoms with Crippen molar-refractivity contribution in [2.24, 2.45) is 0 Å². The number of ether oxygens (including phenoxy) is 2. The van der Waals surface area contributed by atoms with Crippen molar-refractivity contribution in [2.45, 2.75) is 101 Å². The minimum atomic E-state index is -0.0576. The van der Waals surface area contributed by atoms with E-state index in [4.69, 9.17) is 9.47 Å². The van der Waals surface area contributed by atoms with Crippen molar-refractivity contribution >= 4 is 35.5 Å². The van der Waals surface area contributed by atoms with Crippen LogP contribution >= 0.6 is 11.8 Å². The predicted octanol–water partition coefficient (Wildman–Crippen LogP) is 2.23. The van der Waals surface area contributed by atoms with Gasteiger partial charge in [-0.05, 0) is 45.4 Å². The van der Waals surface area contributed by atoms with Crippen LogP contribution in [0, 0.1) is 0 Å². The highest BCUT2D eigenvalue weighted by atomic mass is 32.2. The number of nitrogens with one attached hydrogen (secondary N) is 5.